The Morgan fingerprint density at radius 3 is 2.47 bits per heavy atom. The maximum Gasteiger partial charge on any atom is 0.219 e. The number of anilines is 1. The molecule has 1 aliphatic heterocycles. The molecular weight excluding hydrogens is 245 g/mol. The quantitative estimate of drug-likeness (QED) is 0.882. The Morgan fingerprint density at radius 2 is 1.95 bits per heavy atom. The molecular formula is C14H20FN3O. The predicted octanol–water partition coefficient (Wildman–Crippen LogP) is 1.51. The van der Waals surface area contributed by atoms with E-state index in [9.17, 15) is 9.18 Å². The molecule has 0 aliphatic carbocycles. The first kappa shape index (κ1) is 13.8. The Labute approximate surface area is 113 Å². The number of rotatable bonds is 2. The molecule has 104 valence electrons. The van der Waals surface area contributed by atoms with Crippen molar-refractivity contribution in [3.05, 3.63) is 29.6 Å². The molecule has 0 aromatic heterocycles. The van der Waals surface area contributed by atoms with Gasteiger partial charge in [-0.2, -0.15) is 0 Å². The number of para-hydroxylation sites is 1. The highest BCUT2D eigenvalue weighted by Crippen LogP contribution is 2.29. The number of piperazine rings is 1. The average molecular weight is 265 g/mol. The molecule has 1 amide bonds. The molecule has 0 bridgehead atoms. The number of carbonyl (C=O) groups is 1. The van der Waals surface area contributed by atoms with Crippen molar-refractivity contribution in [3.63, 3.8) is 0 Å². The van der Waals surface area contributed by atoms with Crippen LogP contribution >= 0.6 is 0 Å². The molecule has 1 heterocycles. The standard InChI is InChI=1S/C14H20FN3O/c1-10(16)12-4-3-5-13(15)14(12)18-8-6-17(7-9-18)11(2)19/h3-5,10H,6-9,16H2,1-2H3/t10-/m1/s1. The van der Waals surface area contributed by atoms with Crippen LogP contribution in [0.4, 0.5) is 10.1 Å². The summed E-state index contributed by atoms with van der Waals surface area (Å²) in [6.45, 7) is 5.95. The summed E-state index contributed by atoms with van der Waals surface area (Å²) >= 11 is 0. The summed E-state index contributed by atoms with van der Waals surface area (Å²) in [5.74, 6) is -0.174. The van der Waals surface area contributed by atoms with Gasteiger partial charge >= 0.3 is 0 Å². The summed E-state index contributed by atoms with van der Waals surface area (Å²) in [4.78, 5) is 15.1. The fourth-order valence-corrected chi connectivity index (χ4v) is 2.48. The Balaban J connectivity index is 2.22. The van der Waals surface area contributed by atoms with Gasteiger partial charge in [0.1, 0.15) is 5.82 Å². The second-order valence-electron chi connectivity index (χ2n) is 4.96. The lowest BCUT2D eigenvalue weighted by Gasteiger charge is -2.37. The summed E-state index contributed by atoms with van der Waals surface area (Å²) < 4.78 is 14.1. The zero-order chi connectivity index (χ0) is 14.0. The first-order valence-electron chi connectivity index (χ1n) is 6.55. The molecule has 1 fully saturated rings. The van der Waals surface area contributed by atoms with Crippen LogP contribution in [0.25, 0.3) is 0 Å². The van der Waals surface area contributed by atoms with Gasteiger partial charge in [0.15, 0.2) is 0 Å². The third-order valence-corrected chi connectivity index (χ3v) is 3.55. The minimum absolute atomic E-state index is 0.0700. The molecule has 19 heavy (non-hydrogen) atoms. The molecule has 0 unspecified atom stereocenters. The number of amides is 1. The van der Waals surface area contributed by atoms with Gasteiger partial charge < -0.3 is 15.5 Å². The van der Waals surface area contributed by atoms with Crippen LogP contribution in [-0.4, -0.2) is 37.0 Å². The van der Waals surface area contributed by atoms with Crippen molar-refractivity contribution in [2.75, 3.05) is 31.1 Å². The number of carbonyl (C=O) groups excluding carboxylic acids is 1. The maximum absolute atomic E-state index is 14.1. The van der Waals surface area contributed by atoms with Gasteiger partial charge in [0.25, 0.3) is 0 Å². The molecule has 0 radical (unpaired) electrons. The Kier molecular flexibility index (Phi) is 4.04. The number of benzene rings is 1. The van der Waals surface area contributed by atoms with Crippen LogP contribution < -0.4 is 10.6 Å². The van der Waals surface area contributed by atoms with Crippen molar-refractivity contribution in [1.29, 1.82) is 0 Å². The van der Waals surface area contributed by atoms with Gasteiger partial charge in [0.05, 0.1) is 5.69 Å². The van der Waals surface area contributed by atoms with Crippen LogP contribution in [0, 0.1) is 5.82 Å². The summed E-state index contributed by atoms with van der Waals surface area (Å²) in [6.07, 6.45) is 0. The summed E-state index contributed by atoms with van der Waals surface area (Å²) in [7, 11) is 0. The lowest BCUT2D eigenvalue weighted by Crippen LogP contribution is -2.48. The van der Waals surface area contributed by atoms with Crippen LogP contribution in [0.15, 0.2) is 18.2 Å². The molecule has 1 saturated heterocycles. The lowest BCUT2D eigenvalue weighted by molar-refractivity contribution is -0.129. The number of hydrogen-bond acceptors (Lipinski definition) is 3. The largest absolute Gasteiger partial charge is 0.365 e. The minimum Gasteiger partial charge on any atom is -0.365 e. The van der Waals surface area contributed by atoms with E-state index in [1.807, 2.05) is 17.9 Å². The monoisotopic (exact) mass is 265 g/mol. The normalized spacial score (nSPS) is 17.5. The van der Waals surface area contributed by atoms with E-state index in [4.69, 9.17) is 5.73 Å². The number of nitrogens with zero attached hydrogens (tertiary/aromatic N) is 2. The highest BCUT2D eigenvalue weighted by molar-refractivity contribution is 5.73. The number of nitrogens with two attached hydrogens (primary N) is 1. The van der Waals surface area contributed by atoms with Crippen LogP contribution in [0.3, 0.4) is 0 Å². The molecule has 0 saturated carbocycles. The minimum atomic E-state index is -0.244. The molecule has 0 spiro atoms. The molecule has 5 heteroatoms. The zero-order valence-corrected chi connectivity index (χ0v) is 11.4. The Hall–Kier alpha value is -1.62. The maximum atomic E-state index is 14.1. The molecule has 1 atom stereocenters. The van der Waals surface area contributed by atoms with Crippen LogP contribution in [0.5, 0.6) is 0 Å². The van der Waals surface area contributed by atoms with Gasteiger partial charge in [-0.3, -0.25) is 4.79 Å². The van der Waals surface area contributed by atoms with E-state index in [2.05, 4.69) is 0 Å². The van der Waals surface area contributed by atoms with Crippen molar-refractivity contribution in [2.45, 2.75) is 19.9 Å². The van der Waals surface area contributed by atoms with E-state index >= 15 is 0 Å². The van der Waals surface area contributed by atoms with Gasteiger partial charge in [0, 0.05) is 39.1 Å². The lowest BCUT2D eigenvalue weighted by atomic mass is 10.0. The first-order chi connectivity index (χ1) is 9.00. The van der Waals surface area contributed by atoms with Gasteiger partial charge in [-0.25, -0.2) is 4.39 Å². The summed E-state index contributed by atoms with van der Waals surface area (Å²) in [5, 5.41) is 0. The molecule has 2 N–H and O–H groups in total. The Morgan fingerprint density at radius 1 is 1.32 bits per heavy atom. The highest BCUT2D eigenvalue weighted by atomic mass is 19.1. The second-order valence-corrected chi connectivity index (χ2v) is 4.96. The molecule has 2 rings (SSSR count). The van der Waals surface area contributed by atoms with E-state index in [0.717, 1.165) is 5.56 Å². The van der Waals surface area contributed by atoms with Gasteiger partial charge in [-0.05, 0) is 18.6 Å². The Bertz CT molecular complexity index is 468. The second kappa shape index (κ2) is 5.57. The smallest absolute Gasteiger partial charge is 0.219 e. The van der Waals surface area contributed by atoms with E-state index < -0.39 is 0 Å². The zero-order valence-electron chi connectivity index (χ0n) is 11.4. The highest BCUT2D eigenvalue weighted by Gasteiger charge is 2.23. The van der Waals surface area contributed by atoms with Crippen molar-refractivity contribution < 1.29 is 9.18 Å². The van der Waals surface area contributed by atoms with Gasteiger partial charge in [-0.1, -0.05) is 12.1 Å². The van der Waals surface area contributed by atoms with Gasteiger partial charge in [-0.15, -0.1) is 0 Å². The third kappa shape index (κ3) is 2.87. The number of hydrogen-bond donors (Lipinski definition) is 1. The SMILES string of the molecule is CC(=O)N1CCN(c2c(F)cccc2[C@@H](C)N)CC1. The van der Waals surface area contributed by atoms with Crippen molar-refractivity contribution in [3.8, 4) is 0 Å². The summed E-state index contributed by atoms with van der Waals surface area (Å²) in [6, 6.07) is 4.79. The predicted molar refractivity (Wildman–Crippen MR) is 73.5 cm³/mol. The fourth-order valence-electron chi connectivity index (χ4n) is 2.48. The van der Waals surface area contributed by atoms with Gasteiger partial charge in [0.2, 0.25) is 5.91 Å². The fraction of sp³-hybridized carbons (Fsp3) is 0.500. The van der Waals surface area contributed by atoms with Crippen LogP contribution in [0.2, 0.25) is 0 Å². The van der Waals surface area contributed by atoms with E-state index in [0.29, 0.717) is 31.9 Å². The third-order valence-electron chi connectivity index (χ3n) is 3.55. The van der Waals surface area contributed by atoms with Crippen molar-refractivity contribution in [2.24, 2.45) is 5.73 Å². The molecule has 1 aliphatic rings. The molecule has 4 nitrogen and oxygen atoms in total. The van der Waals surface area contributed by atoms with Crippen LogP contribution in [0.1, 0.15) is 25.5 Å². The average Bonchev–Trinajstić information content (AvgIpc) is 2.38. The van der Waals surface area contributed by atoms with E-state index in [1.165, 1.54) is 6.07 Å². The molecule has 1 aromatic carbocycles. The van der Waals surface area contributed by atoms with Crippen molar-refractivity contribution >= 4 is 11.6 Å². The number of halogens is 1. The van der Waals surface area contributed by atoms with Crippen molar-refractivity contribution in [1.82, 2.24) is 4.90 Å². The van der Waals surface area contributed by atoms with E-state index in [-0.39, 0.29) is 17.8 Å². The topological polar surface area (TPSA) is 49.6 Å². The van der Waals surface area contributed by atoms with Crippen LogP contribution in [-0.2, 0) is 4.79 Å². The first-order valence-corrected chi connectivity index (χ1v) is 6.55. The molecule has 1 aromatic rings. The summed E-state index contributed by atoms with van der Waals surface area (Å²) in [5.41, 5.74) is 7.31. The van der Waals surface area contributed by atoms with E-state index in [1.54, 1.807) is 17.9 Å².